The van der Waals surface area contributed by atoms with Crippen LogP contribution in [-0.4, -0.2) is 15.9 Å². The van der Waals surface area contributed by atoms with Crippen LogP contribution in [0.25, 0.3) is 0 Å². The first-order chi connectivity index (χ1) is 5.63. The van der Waals surface area contributed by atoms with Gasteiger partial charge in [0.15, 0.2) is 0 Å². The van der Waals surface area contributed by atoms with Crippen LogP contribution in [0.3, 0.4) is 0 Å². The van der Waals surface area contributed by atoms with Gasteiger partial charge < -0.3 is 9.03 Å². The van der Waals surface area contributed by atoms with Crippen LogP contribution in [0.5, 0.6) is 0 Å². The fraction of sp³-hybridized carbons (Fsp3) is 0.333. The second-order valence-electron chi connectivity index (χ2n) is 2.86. The zero-order chi connectivity index (χ0) is 9.14. The number of nitrogens with zero attached hydrogens (tertiary/aromatic N) is 1. The van der Waals surface area contributed by atoms with E-state index in [0.717, 1.165) is 5.69 Å². The lowest BCUT2D eigenvalue weighted by molar-refractivity contribution is 0.563. The largest absolute Gasteiger partial charge is 0.395 e. The summed E-state index contributed by atoms with van der Waals surface area (Å²) >= 11 is 0. The molecule has 2 nitrogen and oxygen atoms in total. The molecule has 0 bridgehead atoms. The first-order valence-corrected chi connectivity index (χ1v) is 5.78. The predicted molar refractivity (Wildman–Crippen MR) is 51.9 cm³/mol. The molecule has 0 heterocycles. The van der Waals surface area contributed by atoms with Crippen molar-refractivity contribution < 1.29 is 4.46 Å². The Kier molecular flexibility index (Phi) is 2.76. The van der Waals surface area contributed by atoms with Crippen molar-refractivity contribution >= 4 is 14.5 Å². The Morgan fingerprint density at radius 2 is 1.92 bits per heavy atom. The third-order valence-electron chi connectivity index (χ3n) is 1.95. The molecule has 1 rings (SSSR count). The molecule has 0 amide bonds. The summed E-state index contributed by atoms with van der Waals surface area (Å²) < 4.78 is 13.0. The van der Waals surface area contributed by atoms with Gasteiger partial charge in [-0.3, -0.25) is 0 Å². The average molecular weight is 179 g/mol. The topological polar surface area (TPSA) is 20.3 Å². The lowest BCUT2D eigenvalue weighted by atomic mass is 10.2. The summed E-state index contributed by atoms with van der Waals surface area (Å²) in [6.45, 7) is 3.77. The van der Waals surface area contributed by atoms with Crippen LogP contribution in [-0.2, 0) is 4.46 Å². The van der Waals surface area contributed by atoms with Gasteiger partial charge in [0.2, 0.25) is 0 Å². The van der Waals surface area contributed by atoms with Crippen LogP contribution in [0.4, 0.5) is 5.69 Å². The number of benzene rings is 1. The molecule has 64 valence electrons. The smallest absolute Gasteiger partial charge is 0.360 e. The Hall–Kier alpha value is -0.963. The van der Waals surface area contributed by atoms with Gasteiger partial charge in [-0.15, -0.1) is 0 Å². The Labute approximate surface area is 74.6 Å². The zero-order valence-corrected chi connectivity index (χ0v) is 8.66. The minimum atomic E-state index is -1.60. The van der Waals surface area contributed by atoms with E-state index in [0.29, 0.717) is 0 Å². The minimum absolute atomic E-state index is 1.06. The van der Waals surface area contributed by atoms with Gasteiger partial charge in [-0.1, -0.05) is 18.2 Å². The molecule has 0 saturated heterocycles. The van der Waals surface area contributed by atoms with E-state index in [2.05, 4.69) is 0 Å². The quantitative estimate of drug-likeness (QED) is 0.647. The molecule has 0 aliphatic rings. The van der Waals surface area contributed by atoms with Gasteiger partial charge in [-0.05, 0) is 25.1 Å². The fourth-order valence-corrected chi connectivity index (χ4v) is 1.70. The van der Waals surface area contributed by atoms with Gasteiger partial charge >= 0.3 is 8.84 Å². The van der Waals surface area contributed by atoms with E-state index in [1.165, 1.54) is 5.56 Å². The minimum Gasteiger partial charge on any atom is -0.360 e. The van der Waals surface area contributed by atoms with Crippen molar-refractivity contribution in [2.24, 2.45) is 0 Å². The SMILES string of the molecule is Cc1ccccc1N(C)[Si](C)=O. The third kappa shape index (κ3) is 1.79. The number of anilines is 1. The summed E-state index contributed by atoms with van der Waals surface area (Å²) in [5, 5.41) is 0. The molecule has 1 aromatic rings. The van der Waals surface area contributed by atoms with Gasteiger partial charge in [-0.2, -0.15) is 0 Å². The maximum Gasteiger partial charge on any atom is 0.395 e. The molecular formula is C9H13NOSi. The van der Waals surface area contributed by atoms with E-state index >= 15 is 0 Å². The van der Waals surface area contributed by atoms with Crippen LogP contribution in [0, 0.1) is 6.92 Å². The Balaban J connectivity index is 3.02. The van der Waals surface area contributed by atoms with Crippen molar-refractivity contribution in [3.8, 4) is 0 Å². The molecule has 0 unspecified atom stereocenters. The first kappa shape index (κ1) is 9.13. The van der Waals surface area contributed by atoms with Crippen LogP contribution in [0.2, 0.25) is 6.55 Å². The van der Waals surface area contributed by atoms with E-state index in [1.807, 2.05) is 42.8 Å². The molecule has 0 aromatic heterocycles. The van der Waals surface area contributed by atoms with Crippen molar-refractivity contribution in [3.63, 3.8) is 0 Å². The molecule has 12 heavy (non-hydrogen) atoms. The highest BCUT2D eigenvalue weighted by atomic mass is 28.3. The lowest BCUT2D eigenvalue weighted by Gasteiger charge is -2.16. The monoisotopic (exact) mass is 179 g/mol. The number of hydrogen-bond acceptors (Lipinski definition) is 1. The first-order valence-electron chi connectivity index (χ1n) is 3.93. The molecule has 0 aliphatic heterocycles. The van der Waals surface area contributed by atoms with E-state index in [-0.39, 0.29) is 0 Å². The highest BCUT2D eigenvalue weighted by Crippen LogP contribution is 2.16. The molecule has 0 spiro atoms. The van der Waals surface area contributed by atoms with E-state index in [1.54, 1.807) is 6.55 Å². The average Bonchev–Trinajstić information content (AvgIpc) is 2.04. The van der Waals surface area contributed by atoms with Crippen LogP contribution in [0.15, 0.2) is 24.3 Å². The molecule has 1 aromatic carbocycles. The van der Waals surface area contributed by atoms with E-state index in [9.17, 15) is 4.46 Å². The Morgan fingerprint density at radius 1 is 1.33 bits per heavy atom. The lowest BCUT2D eigenvalue weighted by Crippen LogP contribution is -2.25. The second-order valence-corrected chi connectivity index (χ2v) is 4.57. The number of hydrogen-bond donors (Lipinski definition) is 0. The highest BCUT2D eigenvalue weighted by Gasteiger charge is 2.08. The van der Waals surface area contributed by atoms with E-state index < -0.39 is 8.84 Å². The normalized spacial score (nSPS) is 9.58. The third-order valence-corrected chi connectivity index (χ3v) is 3.13. The van der Waals surface area contributed by atoms with Crippen LogP contribution < -0.4 is 4.57 Å². The molecule has 0 saturated carbocycles. The predicted octanol–water partition coefficient (Wildman–Crippen LogP) is 1.98. The van der Waals surface area contributed by atoms with Gasteiger partial charge in [-0.25, -0.2) is 0 Å². The van der Waals surface area contributed by atoms with Gasteiger partial charge in [0.25, 0.3) is 0 Å². The molecular weight excluding hydrogens is 166 g/mol. The van der Waals surface area contributed by atoms with E-state index in [4.69, 9.17) is 0 Å². The summed E-state index contributed by atoms with van der Waals surface area (Å²) in [4.78, 5) is 0. The van der Waals surface area contributed by atoms with Crippen molar-refractivity contribution in [2.75, 3.05) is 11.6 Å². The molecule has 0 N–H and O–H groups in total. The summed E-state index contributed by atoms with van der Waals surface area (Å²) in [5.41, 5.74) is 2.23. The summed E-state index contributed by atoms with van der Waals surface area (Å²) in [6, 6.07) is 7.96. The van der Waals surface area contributed by atoms with Crippen molar-refractivity contribution in [1.29, 1.82) is 0 Å². The molecule has 0 atom stereocenters. The van der Waals surface area contributed by atoms with Gasteiger partial charge in [0.05, 0.1) is 0 Å². The highest BCUT2D eigenvalue weighted by molar-refractivity contribution is 6.46. The number of aryl methyl sites for hydroxylation is 1. The summed E-state index contributed by atoms with van der Waals surface area (Å²) in [6.07, 6.45) is 0. The van der Waals surface area contributed by atoms with Gasteiger partial charge in [0, 0.05) is 12.7 Å². The zero-order valence-electron chi connectivity index (χ0n) is 7.66. The van der Waals surface area contributed by atoms with Crippen molar-refractivity contribution in [1.82, 2.24) is 0 Å². The van der Waals surface area contributed by atoms with Crippen LogP contribution in [0.1, 0.15) is 5.56 Å². The van der Waals surface area contributed by atoms with Crippen LogP contribution >= 0.6 is 0 Å². The Bertz CT molecular complexity index is 298. The molecule has 3 heteroatoms. The molecule has 0 aliphatic carbocycles. The maximum atomic E-state index is 11.2. The summed E-state index contributed by atoms with van der Waals surface area (Å²) in [7, 11) is 0.261. The number of rotatable bonds is 2. The summed E-state index contributed by atoms with van der Waals surface area (Å²) in [5.74, 6) is 0. The second kappa shape index (κ2) is 3.63. The Morgan fingerprint density at radius 3 is 2.42 bits per heavy atom. The van der Waals surface area contributed by atoms with Crippen molar-refractivity contribution in [2.45, 2.75) is 13.5 Å². The van der Waals surface area contributed by atoms with Crippen molar-refractivity contribution in [3.05, 3.63) is 29.8 Å². The number of para-hydroxylation sites is 1. The molecule has 0 fully saturated rings. The molecule has 0 radical (unpaired) electrons. The standard InChI is InChI=1S/C9H13NOSi/c1-8-6-4-5-7-9(8)10(2)12(3)11/h4-7H,1-3H3. The van der Waals surface area contributed by atoms with Gasteiger partial charge in [0.1, 0.15) is 0 Å². The maximum absolute atomic E-state index is 11.2. The fourth-order valence-electron chi connectivity index (χ4n) is 1.11.